The van der Waals surface area contributed by atoms with Crippen LogP contribution in [-0.2, 0) is 53.3 Å². The highest BCUT2D eigenvalue weighted by atomic mass is 19.3. The number of hydrogen-bond acceptors (Lipinski definition) is 10. The van der Waals surface area contributed by atoms with Crippen LogP contribution in [0.5, 0.6) is 40.2 Å². The second-order valence-electron chi connectivity index (χ2n) is 33.0. The van der Waals surface area contributed by atoms with E-state index in [9.17, 15) is 39.9 Å². The lowest BCUT2D eigenvalue weighted by Crippen LogP contribution is -2.47. The van der Waals surface area contributed by atoms with Gasteiger partial charge in [0.25, 0.3) is 17.8 Å². The lowest BCUT2D eigenvalue weighted by Gasteiger charge is -2.51. The Morgan fingerprint density at radius 3 is 1.11 bits per heavy atom. The molecule has 105 heavy (non-hydrogen) atoms. The number of nitrogens with one attached hydrogen (secondary N) is 3. The molecule has 6 aromatic rings. The van der Waals surface area contributed by atoms with Gasteiger partial charge in [-0.15, -0.1) is 0 Å². The summed E-state index contributed by atoms with van der Waals surface area (Å²) in [7, 11) is 3.15. The molecular formula is C86H103F6N3O10. The summed E-state index contributed by atoms with van der Waals surface area (Å²) in [5.41, 5.74) is 6.58. The fourth-order valence-corrected chi connectivity index (χ4v) is 22.3. The van der Waals surface area contributed by atoms with Crippen molar-refractivity contribution in [1.29, 1.82) is 0 Å². The summed E-state index contributed by atoms with van der Waals surface area (Å²) in [5.74, 6) is -6.51. The molecule has 0 radical (unpaired) electrons. The van der Waals surface area contributed by atoms with Crippen LogP contribution in [0, 0.1) is 69.5 Å². The molecule has 6 saturated carbocycles. The van der Waals surface area contributed by atoms with E-state index in [2.05, 4.69) is 16.0 Å². The number of carbonyl (C=O) groups excluding carboxylic acids is 3. The zero-order chi connectivity index (χ0) is 74.5. The minimum Gasteiger partial charge on any atom is -0.508 e. The molecule has 0 heterocycles. The summed E-state index contributed by atoms with van der Waals surface area (Å²) in [6.07, 6.45) is 10.4. The van der Waals surface area contributed by atoms with E-state index in [1.54, 1.807) is 65.3 Å². The third-order valence-corrected chi connectivity index (χ3v) is 27.5. The first-order valence-corrected chi connectivity index (χ1v) is 38.2. The first-order chi connectivity index (χ1) is 50.0. The number of benzene rings is 6. The number of alkyl halides is 6. The number of amides is 3. The van der Waals surface area contributed by atoms with Crippen LogP contribution in [0.4, 0.5) is 26.3 Å². The average molecular weight is 1450 g/mol. The summed E-state index contributed by atoms with van der Waals surface area (Å²) in [6, 6.07) is 36.2. The third-order valence-electron chi connectivity index (χ3n) is 27.5. The van der Waals surface area contributed by atoms with E-state index in [0.29, 0.717) is 75.1 Å². The Kier molecular flexibility index (Phi) is 21.4. The molecule has 0 bridgehead atoms. The van der Waals surface area contributed by atoms with E-state index in [0.717, 1.165) is 80.0 Å². The van der Waals surface area contributed by atoms with Crippen LogP contribution < -0.4 is 25.4 Å². The van der Waals surface area contributed by atoms with Crippen LogP contribution in [0.3, 0.4) is 0 Å². The van der Waals surface area contributed by atoms with Gasteiger partial charge in [-0.3, -0.25) is 14.4 Å². The van der Waals surface area contributed by atoms with E-state index in [1.165, 1.54) is 34.4 Å². The average Bonchev–Trinajstić information content (AvgIpc) is 1.59. The molecule has 0 aliphatic heterocycles. The number of methoxy groups -OCH3 is 2. The van der Waals surface area contributed by atoms with Crippen molar-refractivity contribution in [1.82, 2.24) is 16.0 Å². The maximum Gasteiger partial charge on any atom is 0.253 e. The van der Waals surface area contributed by atoms with Gasteiger partial charge >= 0.3 is 0 Å². The number of fused-ring (bicyclic) bond motifs is 15. The highest BCUT2D eigenvalue weighted by Crippen LogP contribution is 2.72. The highest BCUT2D eigenvalue weighted by Gasteiger charge is 2.70. The van der Waals surface area contributed by atoms with Gasteiger partial charge in [0.2, 0.25) is 17.7 Å². The molecule has 8 N–H and O–H groups in total. The van der Waals surface area contributed by atoms with Crippen LogP contribution in [0.25, 0.3) is 0 Å². The smallest absolute Gasteiger partial charge is 0.253 e. The van der Waals surface area contributed by atoms with Crippen molar-refractivity contribution in [2.75, 3.05) is 14.2 Å². The molecule has 9 aliphatic rings. The largest absolute Gasteiger partial charge is 0.508 e. The molecule has 6 fully saturated rings. The summed E-state index contributed by atoms with van der Waals surface area (Å²) >= 11 is 0. The van der Waals surface area contributed by atoms with Gasteiger partial charge in [-0.25, -0.2) is 26.3 Å². The first kappa shape index (κ1) is 75.2. The van der Waals surface area contributed by atoms with Crippen molar-refractivity contribution in [3.05, 3.63) is 171 Å². The standard InChI is InChI=1S/C30H37F2NO4.C28H33F2NO4.C28H33F2NO2/c1-29-11-10-25-24-8-6-21(34)14-19(24)4-7-26(25)28(29)20(16-30(29,31)32)5-9-27(35)33-17-18-12-22(36-2)15-23(13-18)37-3;1-27-11-10-21-20-7-5-19(32)13-17(20)3-6-22(21)26(27)18(14-28(27,29)30)4-9-25(35)31-15-16-2-8-23(33)24(34)12-16;1-27-14-13-23-22-11-9-21(32)15-19(22)7-10-24(23)26(27)20(16-28(27,29)30)8-12-25(33)31-17-18-5-3-2-4-6-18/h6,8,12-15,20,25-26,28,34H,4-5,7,9-11,16-17H2,1-3H3,(H,33,35);2,5,7-8,12-13,18,21-22,26,32-34H,3-4,6,9-11,14-15H2,1H3,(H,31,35);2-6,9,11,15,20,23-24,26,32H,7-8,10,12-14,16-17H2,1H3,(H,31,33)/t20-,25?,26?,28?,29+;18-,21?,22?,26?,27+;20-,23?,24?,26?,27+/m111/s1. The molecule has 564 valence electrons. The molecule has 0 aromatic heterocycles. The van der Waals surface area contributed by atoms with Gasteiger partial charge in [-0.1, -0.05) is 75.4 Å². The molecule has 3 amide bonds. The van der Waals surface area contributed by atoms with Crippen LogP contribution in [0.1, 0.15) is 204 Å². The van der Waals surface area contributed by atoms with Crippen molar-refractivity contribution in [2.24, 2.45) is 69.5 Å². The quantitative estimate of drug-likeness (QED) is 0.0320. The molecule has 0 saturated heterocycles. The molecule has 9 unspecified atom stereocenters. The predicted molar refractivity (Wildman–Crippen MR) is 389 cm³/mol. The Labute approximate surface area is 612 Å². The van der Waals surface area contributed by atoms with E-state index in [4.69, 9.17) is 9.47 Å². The molecule has 19 heteroatoms. The molecular weight excluding hydrogens is 1350 g/mol. The molecule has 6 aromatic carbocycles. The number of phenolic OH excluding ortho intramolecular Hbond substituents is 5. The van der Waals surface area contributed by atoms with E-state index in [-0.39, 0.29) is 156 Å². The van der Waals surface area contributed by atoms with Crippen molar-refractivity contribution < 1.29 is 75.7 Å². The number of carbonyl (C=O) groups is 3. The van der Waals surface area contributed by atoms with Gasteiger partial charge in [-0.05, 0) is 278 Å². The van der Waals surface area contributed by atoms with Crippen LogP contribution in [-0.4, -0.2) is 75.2 Å². The molecule has 13 nitrogen and oxygen atoms in total. The number of hydrogen-bond donors (Lipinski definition) is 8. The molecule has 9 aliphatic carbocycles. The van der Waals surface area contributed by atoms with Gasteiger partial charge in [0, 0.05) is 80.5 Å². The van der Waals surface area contributed by atoms with Crippen LogP contribution in [0.15, 0.2) is 121 Å². The topological polar surface area (TPSA) is 207 Å². The third kappa shape index (κ3) is 14.8. The fraction of sp³-hybridized carbons (Fsp3) is 0.547. The Morgan fingerprint density at radius 2 is 0.762 bits per heavy atom. The number of halogens is 6. The van der Waals surface area contributed by atoms with Crippen molar-refractivity contribution in [3.63, 3.8) is 0 Å². The number of rotatable bonds is 17. The van der Waals surface area contributed by atoms with Crippen molar-refractivity contribution in [2.45, 2.75) is 211 Å². The van der Waals surface area contributed by atoms with Gasteiger partial charge in [0.05, 0.1) is 14.2 Å². The minimum absolute atomic E-state index is 0.0624. The van der Waals surface area contributed by atoms with Crippen LogP contribution >= 0.6 is 0 Å². The molecule has 15 rings (SSSR count). The lowest BCUT2D eigenvalue weighted by molar-refractivity contribution is -0.133. The number of aryl methyl sites for hydroxylation is 3. The highest BCUT2D eigenvalue weighted by molar-refractivity contribution is 5.77. The molecule has 0 spiro atoms. The van der Waals surface area contributed by atoms with E-state index in [1.807, 2.05) is 78.9 Å². The minimum atomic E-state index is -2.75. The van der Waals surface area contributed by atoms with Crippen LogP contribution in [0.2, 0.25) is 0 Å². The van der Waals surface area contributed by atoms with E-state index < -0.39 is 34.0 Å². The number of aromatic hydroxyl groups is 5. The summed E-state index contributed by atoms with van der Waals surface area (Å²) in [6.45, 7) is 6.34. The summed E-state index contributed by atoms with van der Waals surface area (Å²) in [5, 5.41) is 57.4. The Balaban J connectivity index is 0.000000140. The number of ether oxygens (including phenoxy) is 2. The maximum absolute atomic E-state index is 15.5. The Hall–Kier alpha value is -8.09. The van der Waals surface area contributed by atoms with Crippen molar-refractivity contribution >= 4 is 17.7 Å². The van der Waals surface area contributed by atoms with Gasteiger partial charge in [-0.2, -0.15) is 0 Å². The molecule has 15 atom stereocenters. The zero-order valence-corrected chi connectivity index (χ0v) is 61.0. The maximum atomic E-state index is 15.5. The number of phenols is 5. The zero-order valence-electron chi connectivity index (χ0n) is 61.0. The SMILES string of the molecule is COc1cc(CNC(=O)CC[C@@H]2CC(F)(F)[C@@]3(C)CCC4c5ccc(O)cc5CCC4C23)cc(OC)c1.C[C@]12CCC3c4ccc(O)cc4CCC3C1[C@H](CCC(=O)NCc1ccc(O)c(O)c1)CC2(F)F.C[C@]12CCC3c4ccc(O)cc4CCC3C1[C@H](CCC(=O)NCc1ccccc1)CC2(F)F. The Bertz CT molecular complexity index is 4130. The second-order valence-corrected chi connectivity index (χ2v) is 33.0. The normalized spacial score (nSPS) is 30.7. The summed E-state index contributed by atoms with van der Waals surface area (Å²) in [4.78, 5) is 37.9. The Morgan fingerprint density at radius 1 is 0.410 bits per heavy atom. The lowest BCUT2D eigenvalue weighted by atomic mass is 9.53. The monoisotopic (exact) mass is 1450 g/mol. The van der Waals surface area contributed by atoms with Gasteiger partial charge < -0.3 is 51.0 Å². The van der Waals surface area contributed by atoms with E-state index >= 15 is 26.3 Å². The first-order valence-electron chi connectivity index (χ1n) is 38.2. The van der Waals surface area contributed by atoms with Gasteiger partial charge in [0.15, 0.2) is 11.5 Å². The summed E-state index contributed by atoms with van der Waals surface area (Å²) < 4.78 is 103. The predicted octanol–water partition coefficient (Wildman–Crippen LogP) is 18.0. The van der Waals surface area contributed by atoms with Crippen molar-refractivity contribution in [3.8, 4) is 40.2 Å². The van der Waals surface area contributed by atoms with Gasteiger partial charge in [0.1, 0.15) is 28.7 Å². The fourth-order valence-electron chi connectivity index (χ4n) is 22.3. The second kappa shape index (κ2) is 29.9.